The summed E-state index contributed by atoms with van der Waals surface area (Å²) in [7, 11) is -2.32. The van der Waals surface area contributed by atoms with Crippen LogP contribution in [-0.4, -0.2) is 25.2 Å². The second kappa shape index (κ2) is 5.22. The average Bonchev–Trinajstić information content (AvgIpc) is 1.79. The Kier molecular flexibility index (Phi) is 4.92. The van der Waals surface area contributed by atoms with Gasteiger partial charge >= 0.3 is 5.97 Å². The summed E-state index contributed by atoms with van der Waals surface area (Å²) >= 11 is 0. The van der Waals surface area contributed by atoms with Gasteiger partial charge in [-0.3, -0.25) is 4.79 Å². The molecular formula is C5H10O4S. The molecule has 0 aromatic rings. The van der Waals surface area contributed by atoms with Crippen molar-refractivity contribution in [3.63, 3.8) is 0 Å². The van der Waals surface area contributed by atoms with Crippen LogP contribution < -0.4 is 0 Å². The van der Waals surface area contributed by atoms with Gasteiger partial charge in [-0.1, -0.05) is 0 Å². The number of carboxylic acids is 1. The third-order valence-corrected chi connectivity index (χ3v) is 1.66. The summed E-state index contributed by atoms with van der Waals surface area (Å²) < 4.78 is 19.9. The summed E-state index contributed by atoms with van der Waals surface area (Å²) in [4.78, 5) is 9.89. The molecule has 1 N–H and O–H groups in total. The number of carbonyl (C=O) groups is 1. The van der Waals surface area contributed by atoms with Crippen molar-refractivity contribution < 1.29 is 18.3 Å². The zero-order chi connectivity index (χ0) is 7.98. The molecule has 5 heteroatoms. The molecule has 0 aromatic heterocycles. The van der Waals surface area contributed by atoms with Gasteiger partial charge in [-0.15, -0.1) is 0 Å². The van der Waals surface area contributed by atoms with Crippen molar-refractivity contribution in [2.24, 2.45) is 0 Å². The molecular weight excluding hydrogens is 156 g/mol. The van der Waals surface area contributed by atoms with Gasteiger partial charge in [0.05, 0.1) is 0 Å². The summed E-state index contributed by atoms with van der Waals surface area (Å²) in [6.45, 7) is 0. The van der Waals surface area contributed by atoms with Crippen LogP contribution in [-0.2, 0) is 15.5 Å². The Balaban J connectivity index is 3.13. The van der Waals surface area contributed by atoms with Crippen LogP contribution in [0.4, 0.5) is 0 Å². The number of hydrogen-bond donors (Lipinski definition) is 2. The molecule has 0 aromatic carbocycles. The number of thiol groups is 1. The summed E-state index contributed by atoms with van der Waals surface area (Å²) in [5.74, 6) is -0.774. The third kappa shape index (κ3) is 7.42. The van der Waals surface area contributed by atoms with Crippen molar-refractivity contribution in [3.05, 3.63) is 0 Å². The number of aliphatic carboxylic acids is 1. The fourth-order valence-corrected chi connectivity index (χ4v) is 0.999. The molecule has 0 unspecified atom stereocenters. The van der Waals surface area contributed by atoms with Gasteiger partial charge in [-0.25, -0.2) is 8.42 Å². The zero-order valence-electron chi connectivity index (χ0n) is 5.45. The lowest BCUT2D eigenvalue weighted by molar-refractivity contribution is -0.137. The minimum atomic E-state index is -2.32. The fraction of sp³-hybridized carbons (Fsp3) is 0.800. The Morgan fingerprint density at radius 3 is 2.30 bits per heavy atom. The molecule has 0 heterocycles. The Bertz CT molecular complexity index is 164. The number of rotatable bonds is 5. The van der Waals surface area contributed by atoms with E-state index in [1.54, 1.807) is 0 Å². The minimum Gasteiger partial charge on any atom is -0.481 e. The lowest BCUT2D eigenvalue weighted by Gasteiger charge is -1.90. The predicted molar refractivity (Wildman–Crippen MR) is 36.7 cm³/mol. The normalized spacial score (nSPS) is 10.1. The van der Waals surface area contributed by atoms with E-state index in [1.807, 2.05) is 0 Å². The van der Waals surface area contributed by atoms with Crippen LogP contribution in [0.3, 0.4) is 0 Å². The predicted octanol–water partition coefficient (Wildman–Crippen LogP) is -0.147. The SMILES string of the molecule is O=C(O)CCCC[SH](=O)=O. The molecule has 0 radical (unpaired) electrons. The van der Waals surface area contributed by atoms with E-state index in [-0.39, 0.29) is 12.2 Å². The molecule has 0 rings (SSSR count). The third-order valence-electron chi connectivity index (χ3n) is 0.981. The van der Waals surface area contributed by atoms with Crippen LogP contribution in [0.2, 0.25) is 0 Å². The van der Waals surface area contributed by atoms with Crippen LogP contribution in [0, 0.1) is 0 Å². The van der Waals surface area contributed by atoms with Gasteiger partial charge in [0, 0.05) is 12.2 Å². The molecule has 0 saturated carbocycles. The van der Waals surface area contributed by atoms with Gasteiger partial charge < -0.3 is 5.11 Å². The summed E-state index contributed by atoms with van der Waals surface area (Å²) in [5, 5.41) is 8.13. The Labute approximate surface area is 60.8 Å². The standard InChI is InChI=1S/C5H10O4S/c6-5(7)3-1-2-4-10(8)9/h10H,1-4H2,(H,6,7). The number of carboxylic acid groups (broad SMARTS) is 1. The van der Waals surface area contributed by atoms with E-state index in [2.05, 4.69) is 0 Å². The molecule has 0 amide bonds. The molecule has 0 bridgehead atoms. The number of hydrogen-bond acceptors (Lipinski definition) is 3. The van der Waals surface area contributed by atoms with Crippen LogP contribution in [0.25, 0.3) is 0 Å². The van der Waals surface area contributed by atoms with E-state index in [1.165, 1.54) is 0 Å². The van der Waals surface area contributed by atoms with Crippen LogP contribution >= 0.6 is 0 Å². The maximum Gasteiger partial charge on any atom is 0.303 e. The Hall–Kier alpha value is -0.580. The van der Waals surface area contributed by atoms with Crippen LogP contribution in [0.1, 0.15) is 19.3 Å². The first-order valence-corrected chi connectivity index (χ1v) is 4.33. The van der Waals surface area contributed by atoms with Crippen molar-refractivity contribution in [1.29, 1.82) is 0 Å². The first-order valence-electron chi connectivity index (χ1n) is 2.96. The van der Waals surface area contributed by atoms with Gasteiger partial charge in [-0.2, -0.15) is 0 Å². The van der Waals surface area contributed by atoms with E-state index in [0.717, 1.165) is 0 Å². The summed E-state index contributed by atoms with van der Waals surface area (Å²) in [5.41, 5.74) is 0. The smallest absolute Gasteiger partial charge is 0.303 e. The van der Waals surface area contributed by atoms with E-state index in [4.69, 9.17) is 5.11 Å². The summed E-state index contributed by atoms with van der Waals surface area (Å²) in [6.07, 6.45) is 0.951. The van der Waals surface area contributed by atoms with Crippen molar-refractivity contribution in [2.75, 3.05) is 5.75 Å². The number of unbranched alkanes of at least 4 members (excludes halogenated alkanes) is 1. The van der Waals surface area contributed by atoms with Crippen LogP contribution in [0.5, 0.6) is 0 Å². The lowest BCUT2D eigenvalue weighted by atomic mass is 10.3. The second-order valence-electron chi connectivity index (χ2n) is 1.91. The molecule has 0 aliphatic carbocycles. The molecule has 0 spiro atoms. The highest BCUT2D eigenvalue weighted by Gasteiger charge is 1.95. The van der Waals surface area contributed by atoms with Gasteiger partial charge in [-0.05, 0) is 12.8 Å². The highest BCUT2D eigenvalue weighted by atomic mass is 32.2. The minimum absolute atomic E-state index is 0.0587. The summed E-state index contributed by atoms with van der Waals surface area (Å²) in [6, 6.07) is 0. The molecule has 60 valence electrons. The van der Waals surface area contributed by atoms with E-state index in [9.17, 15) is 13.2 Å². The molecule has 0 aliphatic heterocycles. The van der Waals surface area contributed by atoms with Gasteiger partial charge in [0.15, 0.2) is 0 Å². The Morgan fingerprint density at radius 1 is 1.30 bits per heavy atom. The quantitative estimate of drug-likeness (QED) is 0.440. The highest BCUT2D eigenvalue weighted by Crippen LogP contribution is 1.94. The molecule has 10 heavy (non-hydrogen) atoms. The molecule has 0 fully saturated rings. The topological polar surface area (TPSA) is 71.4 Å². The molecule has 0 aliphatic rings. The first kappa shape index (κ1) is 9.42. The van der Waals surface area contributed by atoms with Crippen molar-refractivity contribution in [1.82, 2.24) is 0 Å². The van der Waals surface area contributed by atoms with Gasteiger partial charge in [0.2, 0.25) is 0 Å². The monoisotopic (exact) mass is 166 g/mol. The maximum atomic E-state index is 9.93. The highest BCUT2D eigenvalue weighted by molar-refractivity contribution is 7.72. The molecule has 4 nitrogen and oxygen atoms in total. The Morgan fingerprint density at radius 2 is 1.90 bits per heavy atom. The van der Waals surface area contributed by atoms with Gasteiger partial charge in [0.1, 0.15) is 10.7 Å². The largest absolute Gasteiger partial charge is 0.481 e. The second-order valence-corrected chi connectivity index (χ2v) is 3.02. The first-order chi connectivity index (χ1) is 4.63. The lowest BCUT2D eigenvalue weighted by Crippen LogP contribution is -1.95. The van der Waals surface area contributed by atoms with E-state index < -0.39 is 16.7 Å². The van der Waals surface area contributed by atoms with Crippen molar-refractivity contribution in [2.45, 2.75) is 19.3 Å². The fourth-order valence-electron chi connectivity index (χ4n) is 0.517. The molecule has 0 atom stereocenters. The van der Waals surface area contributed by atoms with Crippen molar-refractivity contribution >= 4 is 16.7 Å². The van der Waals surface area contributed by atoms with Gasteiger partial charge in [0.25, 0.3) is 0 Å². The van der Waals surface area contributed by atoms with E-state index in [0.29, 0.717) is 12.8 Å². The zero-order valence-corrected chi connectivity index (χ0v) is 6.34. The van der Waals surface area contributed by atoms with Crippen LogP contribution in [0.15, 0.2) is 0 Å². The van der Waals surface area contributed by atoms with Crippen molar-refractivity contribution in [3.8, 4) is 0 Å². The molecule has 0 saturated heterocycles. The average molecular weight is 166 g/mol. The maximum absolute atomic E-state index is 9.93. The van der Waals surface area contributed by atoms with E-state index >= 15 is 0 Å².